The van der Waals surface area contributed by atoms with Gasteiger partial charge in [-0.2, -0.15) is 0 Å². The Morgan fingerprint density at radius 1 is 1.19 bits per heavy atom. The molecule has 2 nitrogen and oxygen atoms in total. The quantitative estimate of drug-likeness (QED) is 0.777. The van der Waals surface area contributed by atoms with Crippen LogP contribution in [0.3, 0.4) is 0 Å². The van der Waals surface area contributed by atoms with Crippen LogP contribution in [0.4, 0.5) is 0 Å². The lowest BCUT2D eigenvalue weighted by Gasteiger charge is -2.35. The van der Waals surface area contributed by atoms with Crippen LogP contribution in [0, 0.1) is 5.41 Å². The van der Waals surface area contributed by atoms with Crippen molar-refractivity contribution in [3.8, 4) is 0 Å². The first-order valence-corrected chi connectivity index (χ1v) is 6.78. The van der Waals surface area contributed by atoms with Crippen molar-refractivity contribution in [3.05, 3.63) is 0 Å². The number of nitrogens with one attached hydrogen (secondary N) is 1. The van der Waals surface area contributed by atoms with Crippen LogP contribution in [-0.2, 0) is 4.74 Å². The SMILES string of the molecule is CC(C)NCC(C)OC1CCC(C)(C)CC1. The third-order valence-corrected chi connectivity index (χ3v) is 3.52. The average molecular weight is 227 g/mol. The molecule has 0 radical (unpaired) electrons. The Morgan fingerprint density at radius 3 is 2.25 bits per heavy atom. The van der Waals surface area contributed by atoms with Crippen molar-refractivity contribution in [2.24, 2.45) is 5.41 Å². The summed E-state index contributed by atoms with van der Waals surface area (Å²) in [6, 6.07) is 0.552. The average Bonchev–Trinajstić information content (AvgIpc) is 2.18. The highest BCUT2D eigenvalue weighted by Crippen LogP contribution is 2.36. The summed E-state index contributed by atoms with van der Waals surface area (Å²) in [4.78, 5) is 0. The molecule has 1 unspecified atom stereocenters. The van der Waals surface area contributed by atoms with Gasteiger partial charge < -0.3 is 10.1 Å². The van der Waals surface area contributed by atoms with Crippen LogP contribution in [-0.4, -0.2) is 24.8 Å². The molecule has 0 aromatic heterocycles. The Kier molecular flexibility index (Phi) is 5.26. The Labute approximate surface area is 101 Å². The van der Waals surface area contributed by atoms with Crippen molar-refractivity contribution < 1.29 is 4.74 Å². The second-order valence-corrected chi connectivity index (χ2v) is 6.37. The molecule has 0 spiro atoms. The van der Waals surface area contributed by atoms with Gasteiger partial charge in [0, 0.05) is 12.6 Å². The highest BCUT2D eigenvalue weighted by molar-refractivity contribution is 4.79. The van der Waals surface area contributed by atoms with E-state index in [1.54, 1.807) is 0 Å². The fraction of sp³-hybridized carbons (Fsp3) is 1.00. The van der Waals surface area contributed by atoms with Gasteiger partial charge in [0.25, 0.3) is 0 Å². The molecule has 1 saturated carbocycles. The third kappa shape index (κ3) is 5.31. The third-order valence-electron chi connectivity index (χ3n) is 3.52. The summed E-state index contributed by atoms with van der Waals surface area (Å²) in [5, 5.41) is 3.43. The second kappa shape index (κ2) is 6.02. The summed E-state index contributed by atoms with van der Waals surface area (Å²) >= 11 is 0. The van der Waals surface area contributed by atoms with Crippen molar-refractivity contribution >= 4 is 0 Å². The molecular weight excluding hydrogens is 198 g/mol. The molecule has 1 N–H and O–H groups in total. The molecule has 1 rings (SSSR count). The predicted octanol–water partition coefficient (Wildman–Crippen LogP) is 3.36. The van der Waals surface area contributed by atoms with Crippen molar-refractivity contribution in [1.82, 2.24) is 5.32 Å². The van der Waals surface area contributed by atoms with Crippen molar-refractivity contribution in [3.63, 3.8) is 0 Å². The standard InChI is InChI=1S/C14H29NO/c1-11(2)15-10-12(3)16-13-6-8-14(4,5)9-7-13/h11-13,15H,6-10H2,1-5H3. The maximum absolute atomic E-state index is 6.07. The van der Waals surface area contributed by atoms with Gasteiger partial charge in [0.2, 0.25) is 0 Å². The molecular formula is C14H29NO. The molecule has 0 amide bonds. The predicted molar refractivity (Wildman–Crippen MR) is 69.7 cm³/mol. The number of hydrogen-bond donors (Lipinski definition) is 1. The van der Waals surface area contributed by atoms with E-state index in [9.17, 15) is 0 Å². The van der Waals surface area contributed by atoms with Gasteiger partial charge in [-0.25, -0.2) is 0 Å². The zero-order chi connectivity index (χ0) is 12.2. The molecule has 1 fully saturated rings. The van der Waals surface area contributed by atoms with Crippen LogP contribution in [0.1, 0.15) is 60.3 Å². The first-order chi connectivity index (χ1) is 7.39. The molecule has 0 bridgehead atoms. The number of hydrogen-bond acceptors (Lipinski definition) is 2. The smallest absolute Gasteiger partial charge is 0.0675 e. The summed E-state index contributed by atoms with van der Waals surface area (Å²) in [7, 11) is 0. The fourth-order valence-corrected chi connectivity index (χ4v) is 2.29. The van der Waals surface area contributed by atoms with Crippen molar-refractivity contribution in [2.75, 3.05) is 6.54 Å². The van der Waals surface area contributed by atoms with Gasteiger partial charge in [-0.3, -0.25) is 0 Å². The molecule has 16 heavy (non-hydrogen) atoms. The minimum Gasteiger partial charge on any atom is -0.374 e. The van der Waals surface area contributed by atoms with E-state index in [1.165, 1.54) is 25.7 Å². The highest BCUT2D eigenvalue weighted by atomic mass is 16.5. The zero-order valence-corrected chi connectivity index (χ0v) is 11.7. The lowest BCUT2D eigenvalue weighted by atomic mass is 9.76. The maximum atomic E-state index is 6.07. The van der Waals surface area contributed by atoms with Crippen molar-refractivity contribution in [1.29, 1.82) is 0 Å². The van der Waals surface area contributed by atoms with Gasteiger partial charge in [-0.05, 0) is 38.0 Å². The minimum atomic E-state index is 0.341. The maximum Gasteiger partial charge on any atom is 0.0675 e. The summed E-state index contributed by atoms with van der Waals surface area (Å²) in [5.74, 6) is 0. The van der Waals surface area contributed by atoms with E-state index in [0.717, 1.165) is 6.54 Å². The lowest BCUT2D eigenvalue weighted by molar-refractivity contribution is -0.0370. The van der Waals surface area contributed by atoms with Crippen molar-refractivity contribution in [2.45, 2.75) is 78.6 Å². The number of ether oxygens (including phenoxy) is 1. The minimum absolute atomic E-state index is 0.341. The Hall–Kier alpha value is -0.0800. The molecule has 0 aromatic rings. The molecule has 1 aliphatic rings. The first kappa shape index (κ1) is 14.0. The van der Waals surface area contributed by atoms with Gasteiger partial charge in [-0.15, -0.1) is 0 Å². The van der Waals surface area contributed by atoms with E-state index < -0.39 is 0 Å². The highest BCUT2D eigenvalue weighted by Gasteiger charge is 2.27. The van der Waals surface area contributed by atoms with Gasteiger partial charge in [0.15, 0.2) is 0 Å². The monoisotopic (exact) mass is 227 g/mol. The van der Waals surface area contributed by atoms with Crippen LogP contribution in [0.2, 0.25) is 0 Å². The Balaban J connectivity index is 2.18. The van der Waals surface area contributed by atoms with Crippen LogP contribution in [0.15, 0.2) is 0 Å². The molecule has 1 atom stereocenters. The first-order valence-electron chi connectivity index (χ1n) is 6.78. The molecule has 1 aliphatic carbocycles. The summed E-state index contributed by atoms with van der Waals surface area (Å²) in [5.41, 5.74) is 0.541. The molecule has 0 aliphatic heterocycles. The van der Waals surface area contributed by atoms with E-state index in [0.29, 0.717) is 23.7 Å². The largest absolute Gasteiger partial charge is 0.374 e. The lowest BCUT2D eigenvalue weighted by Crippen LogP contribution is -2.36. The number of rotatable bonds is 5. The molecule has 0 saturated heterocycles. The summed E-state index contributed by atoms with van der Waals surface area (Å²) in [6.45, 7) is 12.2. The summed E-state index contributed by atoms with van der Waals surface area (Å²) in [6.07, 6.45) is 5.92. The summed E-state index contributed by atoms with van der Waals surface area (Å²) < 4.78 is 6.07. The normalized spacial score (nSPS) is 23.6. The van der Waals surface area contributed by atoms with E-state index >= 15 is 0 Å². The van der Waals surface area contributed by atoms with Gasteiger partial charge in [0.1, 0.15) is 0 Å². The molecule has 0 heterocycles. The van der Waals surface area contributed by atoms with Crippen LogP contribution >= 0.6 is 0 Å². The topological polar surface area (TPSA) is 21.3 Å². The molecule has 96 valence electrons. The fourth-order valence-electron chi connectivity index (χ4n) is 2.29. The van der Waals surface area contributed by atoms with Gasteiger partial charge in [0.05, 0.1) is 12.2 Å². The van der Waals surface area contributed by atoms with Crippen LogP contribution in [0.25, 0.3) is 0 Å². The zero-order valence-electron chi connectivity index (χ0n) is 11.7. The van der Waals surface area contributed by atoms with E-state index in [4.69, 9.17) is 4.74 Å². The van der Waals surface area contributed by atoms with E-state index in [-0.39, 0.29) is 0 Å². The molecule has 0 aromatic carbocycles. The van der Waals surface area contributed by atoms with Gasteiger partial charge in [-0.1, -0.05) is 27.7 Å². The Morgan fingerprint density at radius 2 is 1.75 bits per heavy atom. The van der Waals surface area contributed by atoms with E-state index in [1.807, 2.05) is 0 Å². The van der Waals surface area contributed by atoms with E-state index in [2.05, 4.69) is 39.9 Å². The Bertz CT molecular complexity index is 191. The van der Waals surface area contributed by atoms with Gasteiger partial charge >= 0.3 is 0 Å². The molecule has 2 heteroatoms. The van der Waals surface area contributed by atoms with Crippen LogP contribution < -0.4 is 5.32 Å². The van der Waals surface area contributed by atoms with Crippen LogP contribution in [0.5, 0.6) is 0 Å². The second-order valence-electron chi connectivity index (χ2n) is 6.37.